The molecule has 0 aliphatic rings. The zero-order valence-corrected chi connectivity index (χ0v) is 16.7. The maximum Gasteiger partial charge on any atom is 0.126 e. The average molecular weight is 343 g/mol. The summed E-state index contributed by atoms with van der Waals surface area (Å²) < 4.78 is 11.8. The first kappa shape index (κ1) is 21.1. The van der Waals surface area contributed by atoms with Gasteiger partial charge in [0.2, 0.25) is 0 Å². The third-order valence-electron chi connectivity index (χ3n) is 3.95. The van der Waals surface area contributed by atoms with Crippen LogP contribution in [0.3, 0.4) is 0 Å². The minimum absolute atomic E-state index is 0.652. The summed E-state index contributed by atoms with van der Waals surface area (Å²) in [6.07, 6.45) is 10.3. The van der Waals surface area contributed by atoms with Crippen molar-refractivity contribution in [3.8, 4) is 11.5 Å². The Hall–Kier alpha value is -1.96. The Morgan fingerprint density at radius 3 is 2.04 bits per heavy atom. The van der Waals surface area contributed by atoms with E-state index >= 15 is 0 Å². The van der Waals surface area contributed by atoms with Crippen molar-refractivity contribution < 1.29 is 9.47 Å². The van der Waals surface area contributed by atoms with Crippen molar-refractivity contribution in [2.75, 3.05) is 13.2 Å². The zero-order valence-electron chi connectivity index (χ0n) is 16.7. The SMILES string of the molecule is C=CCc1cc(OCC)c(C/C=C(\C)CCC=C(C)C)c(OCC)c1. The lowest BCUT2D eigenvalue weighted by Gasteiger charge is -2.16. The van der Waals surface area contributed by atoms with Gasteiger partial charge in [-0.25, -0.2) is 0 Å². The molecule has 1 aromatic carbocycles. The number of rotatable bonds is 11. The highest BCUT2D eigenvalue weighted by atomic mass is 16.5. The number of benzene rings is 1. The third-order valence-corrected chi connectivity index (χ3v) is 3.95. The van der Waals surface area contributed by atoms with Gasteiger partial charge in [-0.05, 0) is 78.0 Å². The van der Waals surface area contributed by atoms with Crippen molar-refractivity contribution >= 4 is 0 Å². The highest BCUT2D eigenvalue weighted by Crippen LogP contribution is 2.32. The molecule has 0 aliphatic carbocycles. The van der Waals surface area contributed by atoms with E-state index in [-0.39, 0.29) is 0 Å². The maximum absolute atomic E-state index is 5.90. The van der Waals surface area contributed by atoms with Gasteiger partial charge in [0.1, 0.15) is 11.5 Å². The Balaban J connectivity index is 3.04. The molecule has 138 valence electrons. The van der Waals surface area contributed by atoms with Gasteiger partial charge in [-0.3, -0.25) is 0 Å². The normalized spacial score (nSPS) is 11.2. The topological polar surface area (TPSA) is 18.5 Å². The van der Waals surface area contributed by atoms with Crippen molar-refractivity contribution in [2.24, 2.45) is 0 Å². The van der Waals surface area contributed by atoms with Crippen LogP contribution in [0.25, 0.3) is 0 Å². The molecule has 0 N–H and O–H groups in total. The molecule has 0 heterocycles. The van der Waals surface area contributed by atoms with E-state index in [1.165, 1.54) is 16.7 Å². The van der Waals surface area contributed by atoms with Gasteiger partial charge in [-0.2, -0.15) is 0 Å². The minimum Gasteiger partial charge on any atom is -0.493 e. The van der Waals surface area contributed by atoms with Gasteiger partial charge in [0.25, 0.3) is 0 Å². The molecule has 0 unspecified atom stereocenters. The Morgan fingerprint density at radius 1 is 0.960 bits per heavy atom. The summed E-state index contributed by atoms with van der Waals surface area (Å²) in [5.74, 6) is 1.86. The predicted molar refractivity (Wildman–Crippen MR) is 109 cm³/mol. The molecule has 1 aromatic rings. The van der Waals surface area contributed by atoms with Crippen LogP contribution in [0, 0.1) is 0 Å². The summed E-state index contributed by atoms with van der Waals surface area (Å²) in [5, 5.41) is 0. The Kier molecular flexibility index (Phi) is 9.76. The van der Waals surface area contributed by atoms with Gasteiger partial charge in [0, 0.05) is 5.56 Å². The lowest BCUT2D eigenvalue weighted by Crippen LogP contribution is -2.03. The molecule has 0 bridgehead atoms. The van der Waals surface area contributed by atoms with Crippen molar-refractivity contribution in [1.29, 1.82) is 0 Å². The fourth-order valence-corrected chi connectivity index (χ4v) is 2.70. The monoisotopic (exact) mass is 342 g/mol. The van der Waals surface area contributed by atoms with Crippen LogP contribution in [0.5, 0.6) is 11.5 Å². The van der Waals surface area contributed by atoms with E-state index in [9.17, 15) is 0 Å². The molecule has 0 saturated carbocycles. The quantitative estimate of drug-likeness (QED) is 0.430. The minimum atomic E-state index is 0.652. The second-order valence-corrected chi connectivity index (χ2v) is 6.50. The van der Waals surface area contributed by atoms with Gasteiger partial charge in [-0.15, -0.1) is 6.58 Å². The molecule has 0 spiro atoms. The fraction of sp³-hybridized carbons (Fsp3) is 0.478. The summed E-state index contributed by atoms with van der Waals surface area (Å²) in [6.45, 7) is 15.7. The molecule has 0 fully saturated rings. The molecule has 0 amide bonds. The summed E-state index contributed by atoms with van der Waals surface area (Å²) in [4.78, 5) is 0. The van der Waals surface area contributed by atoms with E-state index in [2.05, 4.69) is 51.6 Å². The highest BCUT2D eigenvalue weighted by Gasteiger charge is 2.12. The second-order valence-electron chi connectivity index (χ2n) is 6.50. The number of hydrogen-bond donors (Lipinski definition) is 0. The van der Waals surface area contributed by atoms with Crippen LogP contribution >= 0.6 is 0 Å². The van der Waals surface area contributed by atoms with E-state index in [0.717, 1.165) is 42.7 Å². The Labute approximate surface area is 154 Å². The van der Waals surface area contributed by atoms with Gasteiger partial charge >= 0.3 is 0 Å². The van der Waals surface area contributed by atoms with E-state index in [4.69, 9.17) is 9.47 Å². The molecular formula is C23H34O2. The van der Waals surface area contributed by atoms with Crippen LogP contribution < -0.4 is 9.47 Å². The van der Waals surface area contributed by atoms with E-state index in [1.807, 2.05) is 19.9 Å². The number of allylic oxidation sites excluding steroid dienone is 5. The van der Waals surface area contributed by atoms with E-state index in [1.54, 1.807) is 0 Å². The average Bonchev–Trinajstić information content (AvgIpc) is 2.54. The van der Waals surface area contributed by atoms with Crippen LogP contribution in [0.4, 0.5) is 0 Å². The van der Waals surface area contributed by atoms with Crippen molar-refractivity contribution in [1.82, 2.24) is 0 Å². The first-order valence-electron chi connectivity index (χ1n) is 9.33. The lowest BCUT2D eigenvalue weighted by atomic mass is 10.0. The van der Waals surface area contributed by atoms with Gasteiger partial charge in [0.15, 0.2) is 0 Å². The van der Waals surface area contributed by atoms with Crippen molar-refractivity contribution in [2.45, 2.75) is 60.3 Å². The molecule has 2 heteroatoms. The first-order chi connectivity index (χ1) is 12.0. The fourth-order valence-electron chi connectivity index (χ4n) is 2.70. The molecule has 2 nitrogen and oxygen atoms in total. The smallest absolute Gasteiger partial charge is 0.126 e. The molecule has 25 heavy (non-hydrogen) atoms. The van der Waals surface area contributed by atoms with E-state index in [0.29, 0.717) is 13.2 Å². The largest absolute Gasteiger partial charge is 0.493 e. The summed E-state index contributed by atoms with van der Waals surface area (Å²) in [6, 6.07) is 4.24. The Morgan fingerprint density at radius 2 is 1.56 bits per heavy atom. The van der Waals surface area contributed by atoms with Crippen molar-refractivity contribution in [3.05, 3.63) is 59.2 Å². The molecule has 0 radical (unpaired) electrons. The summed E-state index contributed by atoms with van der Waals surface area (Å²) in [7, 11) is 0. The van der Waals surface area contributed by atoms with Gasteiger partial charge in [0.05, 0.1) is 13.2 Å². The first-order valence-corrected chi connectivity index (χ1v) is 9.33. The lowest BCUT2D eigenvalue weighted by molar-refractivity contribution is 0.317. The van der Waals surface area contributed by atoms with Crippen LogP contribution in [0.1, 0.15) is 58.6 Å². The summed E-state index contributed by atoms with van der Waals surface area (Å²) >= 11 is 0. The zero-order chi connectivity index (χ0) is 18.7. The van der Waals surface area contributed by atoms with Crippen LogP contribution in [0.15, 0.2) is 48.1 Å². The number of ether oxygens (including phenoxy) is 2. The van der Waals surface area contributed by atoms with Gasteiger partial charge < -0.3 is 9.47 Å². The molecule has 0 aliphatic heterocycles. The van der Waals surface area contributed by atoms with Crippen molar-refractivity contribution in [3.63, 3.8) is 0 Å². The highest BCUT2D eigenvalue weighted by molar-refractivity contribution is 5.49. The van der Waals surface area contributed by atoms with Crippen LogP contribution in [-0.2, 0) is 12.8 Å². The molecular weight excluding hydrogens is 308 g/mol. The maximum atomic E-state index is 5.90. The third kappa shape index (κ3) is 7.64. The summed E-state index contributed by atoms with van der Waals surface area (Å²) in [5.41, 5.74) is 5.09. The molecule has 0 aromatic heterocycles. The molecule has 0 saturated heterocycles. The van der Waals surface area contributed by atoms with Crippen LogP contribution in [0.2, 0.25) is 0 Å². The molecule has 0 atom stereocenters. The van der Waals surface area contributed by atoms with Crippen LogP contribution in [-0.4, -0.2) is 13.2 Å². The second kappa shape index (κ2) is 11.6. The standard InChI is InChI=1S/C23H34O2/c1-7-11-20-16-22(24-8-2)21(23(17-20)25-9-3)15-14-19(6)13-10-12-18(4)5/h7,12,14,16-17H,1,8-11,13,15H2,2-6H3/b19-14+. The molecule has 1 rings (SSSR count). The van der Waals surface area contributed by atoms with E-state index < -0.39 is 0 Å². The number of hydrogen-bond acceptors (Lipinski definition) is 2. The predicted octanol–water partition coefficient (Wildman–Crippen LogP) is 6.45. The Bertz CT molecular complexity index is 578. The van der Waals surface area contributed by atoms with Gasteiger partial charge in [-0.1, -0.05) is 29.4 Å².